The number of hydrogen-bond donors (Lipinski definition) is 0. The van der Waals surface area contributed by atoms with Crippen molar-refractivity contribution in [3.05, 3.63) is 71.8 Å². The molecule has 1 aliphatic carbocycles. The SMILES string of the molecule is C=CCc1[cH-]c2ccccc2c1C1=C(CCCC)C=CC1.[Cl-].[Cl-].[Zr+3]. The van der Waals surface area contributed by atoms with Crippen LogP contribution in [0, 0.1) is 0 Å². The summed E-state index contributed by atoms with van der Waals surface area (Å²) < 4.78 is 0. The zero-order chi connectivity index (χ0) is 14.7. The normalized spacial score (nSPS) is 12.5. The number of unbranched alkanes of at least 4 members (excludes halogenated alkanes) is 1. The van der Waals surface area contributed by atoms with E-state index in [2.05, 4.69) is 56.0 Å². The minimum Gasteiger partial charge on any atom is -1.00 e. The number of rotatable bonds is 6. The first kappa shape index (κ1) is 23.5. The van der Waals surface area contributed by atoms with Gasteiger partial charge in [0.15, 0.2) is 0 Å². The van der Waals surface area contributed by atoms with E-state index in [0.29, 0.717) is 0 Å². The maximum Gasteiger partial charge on any atom is 3.00 e. The average molecular weight is 438 g/mol. The second-order valence-electron chi connectivity index (χ2n) is 5.84. The molecular weight excluding hydrogens is 414 g/mol. The first-order chi connectivity index (χ1) is 10.3. The quantitative estimate of drug-likeness (QED) is 0.448. The summed E-state index contributed by atoms with van der Waals surface area (Å²) in [7, 11) is 0. The first-order valence-corrected chi connectivity index (χ1v) is 8.02. The van der Waals surface area contributed by atoms with E-state index in [1.54, 1.807) is 11.1 Å². The Bertz CT molecular complexity index is 723. The van der Waals surface area contributed by atoms with E-state index in [1.165, 1.54) is 41.2 Å². The molecule has 0 atom stereocenters. The molecule has 0 saturated heterocycles. The molecule has 0 aliphatic heterocycles. The fourth-order valence-corrected chi connectivity index (χ4v) is 3.37. The van der Waals surface area contributed by atoms with E-state index < -0.39 is 0 Å². The molecule has 0 heterocycles. The second-order valence-corrected chi connectivity index (χ2v) is 5.84. The summed E-state index contributed by atoms with van der Waals surface area (Å²) in [4.78, 5) is 0. The zero-order valence-electron chi connectivity index (χ0n) is 14.1. The maximum absolute atomic E-state index is 3.93. The summed E-state index contributed by atoms with van der Waals surface area (Å²) in [5.74, 6) is 0. The van der Waals surface area contributed by atoms with E-state index in [-0.39, 0.29) is 51.0 Å². The molecule has 0 unspecified atom stereocenters. The molecule has 125 valence electrons. The third-order valence-electron chi connectivity index (χ3n) is 4.38. The van der Waals surface area contributed by atoms with Gasteiger partial charge in [-0.25, -0.2) is 0 Å². The summed E-state index contributed by atoms with van der Waals surface area (Å²) in [5, 5.41) is 2.76. The smallest absolute Gasteiger partial charge is 1.00 e. The van der Waals surface area contributed by atoms with Crippen LogP contribution in [0.25, 0.3) is 16.3 Å². The van der Waals surface area contributed by atoms with Crippen LogP contribution in [0.3, 0.4) is 0 Å². The standard InChI is InChI=1S/C21H23.2ClH.Zr/c1-3-5-10-16-12-8-14-19(16)21-18(9-4-2)15-17-11-6-7-13-20(17)21;;;/h4,6-8,11-13,15H,2-3,5,9-10,14H2,1H3;2*1H;/q-1;;;+3/p-2. The summed E-state index contributed by atoms with van der Waals surface area (Å²) in [6.45, 7) is 6.19. The van der Waals surface area contributed by atoms with Crippen LogP contribution in [0.5, 0.6) is 0 Å². The fraction of sp³-hybridized carbons (Fsp3) is 0.286. The van der Waals surface area contributed by atoms with Crippen LogP contribution in [0.1, 0.15) is 43.7 Å². The van der Waals surface area contributed by atoms with Crippen molar-refractivity contribution in [2.24, 2.45) is 0 Å². The van der Waals surface area contributed by atoms with Gasteiger partial charge in [0.05, 0.1) is 0 Å². The van der Waals surface area contributed by atoms with Crippen LogP contribution < -0.4 is 24.8 Å². The third-order valence-corrected chi connectivity index (χ3v) is 4.38. The molecule has 0 spiro atoms. The van der Waals surface area contributed by atoms with Gasteiger partial charge in [-0.05, 0) is 25.7 Å². The Hall–Kier alpha value is -0.487. The Kier molecular flexibility index (Phi) is 11.0. The monoisotopic (exact) mass is 435 g/mol. The third kappa shape index (κ3) is 4.78. The van der Waals surface area contributed by atoms with Crippen molar-refractivity contribution in [3.8, 4) is 0 Å². The second kappa shape index (κ2) is 11.2. The van der Waals surface area contributed by atoms with Crippen molar-refractivity contribution in [1.29, 1.82) is 0 Å². The fourth-order valence-electron chi connectivity index (χ4n) is 3.37. The molecule has 1 radical (unpaired) electrons. The largest absolute Gasteiger partial charge is 3.00 e. The molecule has 1 aliphatic rings. The predicted molar refractivity (Wildman–Crippen MR) is 93.6 cm³/mol. The van der Waals surface area contributed by atoms with Gasteiger partial charge in [-0.3, -0.25) is 0 Å². The van der Waals surface area contributed by atoms with E-state index in [4.69, 9.17) is 0 Å². The van der Waals surface area contributed by atoms with E-state index in [9.17, 15) is 0 Å². The van der Waals surface area contributed by atoms with Crippen molar-refractivity contribution < 1.29 is 51.0 Å². The molecule has 0 nitrogen and oxygen atoms in total. The summed E-state index contributed by atoms with van der Waals surface area (Å²) in [6, 6.07) is 11.1. The van der Waals surface area contributed by atoms with Crippen LogP contribution in [0.15, 0.2) is 60.7 Å². The molecule has 3 rings (SSSR count). The van der Waals surface area contributed by atoms with Crippen LogP contribution in [0.4, 0.5) is 0 Å². The predicted octanol–water partition coefficient (Wildman–Crippen LogP) is 0.196. The summed E-state index contributed by atoms with van der Waals surface area (Å²) >= 11 is 0. The Morgan fingerprint density at radius 1 is 1.21 bits per heavy atom. The van der Waals surface area contributed by atoms with Gasteiger partial charge in [-0.2, -0.15) is 0 Å². The van der Waals surface area contributed by atoms with Crippen LogP contribution in [0.2, 0.25) is 0 Å². The minimum absolute atomic E-state index is 0. The van der Waals surface area contributed by atoms with Crippen molar-refractivity contribution >= 4 is 16.3 Å². The van der Waals surface area contributed by atoms with Crippen LogP contribution >= 0.6 is 0 Å². The molecule has 0 bridgehead atoms. The minimum atomic E-state index is 0. The van der Waals surface area contributed by atoms with Gasteiger partial charge in [-0.1, -0.05) is 48.8 Å². The molecule has 0 saturated carbocycles. The Morgan fingerprint density at radius 3 is 2.67 bits per heavy atom. The molecule has 2 aromatic carbocycles. The Morgan fingerprint density at radius 2 is 1.96 bits per heavy atom. The molecule has 0 N–H and O–H groups in total. The molecule has 0 amide bonds. The van der Waals surface area contributed by atoms with Gasteiger partial charge in [0.1, 0.15) is 0 Å². The van der Waals surface area contributed by atoms with Gasteiger partial charge in [0.2, 0.25) is 0 Å². The van der Waals surface area contributed by atoms with Gasteiger partial charge < -0.3 is 24.8 Å². The van der Waals surface area contributed by atoms with Crippen molar-refractivity contribution in [3.63, 3.8) is 0 Å². The van der Waals surface area contributed by atoms with Crippen molar-refractivity contribution in [2.45, 2.75) is 39.0 Å². The maximum atomic E-state index is 3.93. The summed E-state index contributed by atoms with van der Waals surface area (Å²) in [6.07, 6.45) is 12.4. The first-order valence-electron chi connectivity index (χ1n) is 8.02. The number of halogens is 2. The molecule has 3 heteroatoms. The van der Waals surface area contributed by atoms with Gasteiger partial charge in [0, 0.05) is 0 Å². The Labute approximate surface area is 177 Å². The zero-order valence-corrected chi connectivity index (χ0v) is 18.1. The molecule has 0 aromatic heterocycles. The number of fused-ring (bicyclic) bond motifs is 1. The average Bonchev–Trinajstić information content (AvgIpc) is 3.08. The molecule has 2 aromatic rings. The summed E-state index contributed by atoms with van der Waals surface area (Å²) in [5.41, 5.74) is 5.99. The molecular formula is C21H23Cl2Zr. The van der Waals surface area contributed by atoms with Gasteiger partial charge in [0.25, 0.3) is 0 Å². The number of allylic oxidation sites excluding steroid dienone is 5. The Balaban J connectivity index is 0.00000176. The van der Waals surface area contributed by atoms with E-state index in [1.807, 2.05) is 6.08 Å². The van der Waals surface area contributed by atoms with Crippen LogP contribution in [-0.4, -0.2) is 0 Å². The number of benzene rings is 1. The van der Waals surface area contributed by atoms with E-state index in [0.717, 1.165) is 12.8 Å². The number of hydrogen-bond acceptors (Lipinski definition) is 0. The van der Waals surface area contributed by atoms with E-state index >= 15 is 0 Å². The van der Waals surface area contributed by atoms with Crippen LogP contribution in [-0.2, 0) is 32.6 Å². The molecule has 0 fully saturated rings. The molecule has 24 heavy (non-hydrogen) atoms. The van der Waals surface area contributed by atoms with Crippen molar-refractivity contribution in [1.82, 2.24) is 0 Å². The van der Waals surface area contributed by atoms with Gasteiger partial charge >= 0.3 is 26.2 Å². The van der Waals surface area contributed by atoms with Crippen molar-refractivity contribution in [2.75, 3.05) is 0 Å². The van der Waals surface area contributed by atoms with Gasteiger partial charge in [-0.15, -0.1) is 52.7 Å². The topological polar surface area (TPSA) is 0 Å².